The Bertz CT molecular complexity index is 939. The molecule has 8 heteroatoms. The van der Waals surface area contributed by atoms with E-state index in [1.54, 1.807) is 0 Å². The number of halogens is 1. The van der Waals surface area contributed by atoms with Gasteiger partial charge in [0.25, 0.3) is 5.91 Å². The average molecular weight is 423 g/mol. The minimum Gasteiger partial charge on any atom is -0.379 e. The van der Waals surface area contributed by atoms with Crippen molar-refractivity contribution in [2.24, 2.45) is 0 Å². The Balaban J connectivity index is 1.75. The number of hydrogen-bond acceptors (Lipinski definition) is 4. The Morgan fingerprint density at radius 2 is 1.75 bits per heavy atom. The number of morpholine rings is 1. The van der Waals surface area contributed by atoms with Gasteiger partial charge in [0.05, 0.1) is 28.7 Å². The van der Waals surface area contributed by atoms with Crippen molar-refractivity contribution in [2.45, 2.75) is 24.8 Å². The number of carbonyl (C=O) groups excluding carboxylic acids is 1. The number of carbonyl (C=O) groups is 1. The van der Waals surface area contributed by atoms with E-state index in [1.165, 1.54) is 28.1 Å². The Morgan fingerprint density at radius 1 is 1.11 bits per heavy atom. The molecule has 6 nitrogen and oxygen atoms in total. The highest BCUT2D eigenvalue weighted by molar-refractivity contribution is 7.89. The van der Waals surface area contributed by atoms with Crippen molar-refractivity contribution < 1.29 is 17.9 Å². The first kappa shape index (κ1) is 20.8. The average Bonchev–Trinajstić information content (AvgIpc) is 2.73. The van der Waals surface area contributed by atoms with E-state index in [9.17, 15) is 13.2 Å². The Kier molecular flexibility index (Phi) is 6.72. The van der Waals surface area contributed by atoms with Gasteiger partial charge in [0.15, 0.2) is 0 Å². The summed E-state index contributed by atoms with van der Waals surface area (Å²) in [6.45, 7) is 3.71. The van der Waals surface area contributed by atoms with Crippen LogP contribution in [0.15, 0.2) is 47.4 Å². The standard InChI is InChI=1S/C20H23ClN2O4S/c1-2-15-3-5-16(6-4-15)14-22-20(24)18-13-17(7-8-19(18)21)28(25,26)23-9-11-27-12-10-23/h3-8,13H,2,9-12,14H2,1H3,(H,22,24). The SMILES string of the molecule is CCc1ccc(CNC(=O)c2cc(S(=O)(=O)N3CCOCC3)ccc2Cl)cc1. The van der Waals surface area contributed by atoms with Crippen LogP contribution in [0.4, 0.5) is 0 Å². The molecule has 3 rings (SSSR count). The van der Waals surface area contributed by atoms with Crippen LogP contribution in [0.25, 0.3) is 0 Å². The maximum atomic E-state index is 12.8. The summed E-state index contributed by atoms with van der Waals surface area (Å²) in [6.07, 6.45) is 0.951. The van der Waals surface area contributed by atoms with Gasteiger partial charge >= 0.3 is 0 Å². The van der Waals surface area contributed by atoms with Crippen molar-refractivity contribution in [1.82, 2.24) is 9.62 Å². The van der Waals surface area contributed by atoms with E-state index in [1.807, 2.05) is 24.3 Å². The normalized spacial score (nSPS) is 15.4. The van der Waals surface area contributed by atoms with Crippen LogP contribution in [-0.4, -0.2) is 44.9 Å². The van der Waals surface area contributed by atoms with E-state index < -0.39 is 15.9 Å². The fourth-order valence-electron chi connectivity index (χ4n) is 2.95. The molecule has 0 aliphatic carbocycles. The zero-order valence-corrected chi connectivity index (χ0v) is 17.2. The molecule has 2 aromatic rings. The van der Waals surface area contributed by atoms with Crippen molar-refractivity contribution in [3.05, 3.63) is 64.2 Å². The molecule has 1 fully saturated rings. The maximum Gasteiger partial charge on any atom is 0.253 e. The van der Waals surface area contributed by atoms with Crippen LogP contribution in [0.1, 0.15) is 28.4 Å². The number of amides is 1. The molecule has 0 aromatic heterocycles. The van der Waals surface area contributed by atoms with Gasteiger partial charge in [-0.3, -0.25) is 4.79 Å². The first-order valence-corrected chi connectivity index (χ1v) is 11.0. The third kappa shape index (κ3) is 4.72. The number of aryl methyl sites for hydroxylation is 1. The van der Waals surface area contributed by atoms with Crippen LogP contribution in [0, 0.1) is 0 Å². The number of ether oxygens (including phenoxy) is 1. The van der Waals surface area contributed by atoms with Gasteiger partial charge in [-0.2, -0.15) is 4.31 Å². The van der Waals surface area contributed by atoms with Crippen LogP contribution in [0.2, 0.25) is 5.02 Å². The molecular formula is C20H23ClN2O4S. The van der Waals surface area contributed by atoms with Gasteiger partial charge in [-0.15, -0.1) is 0 Å². The number of hydrogen-bond donors (Lipinski definition) is 1. The molecule has 0 spiro atoms. The second-order valence-electron chi connectivity index (χ2n) is 6.51. The van der Waals surface area contributed by atoms with E-state index >= 15 is 0 Å². The molecule has 28 heavy (non-hydrogen) atoms. The predicted molar refractivity (Wildman–Crippen MR) is 108 cm³/mol. The summed E-state index contributed by atoms with van der Waals surface area (Å²) in [6, 6.07) is 12.2. The van der Waals surface area contributed by atoms with E-state index in [0.717, 1.165) is 12.0 Å². The first-order chi connectivity index (χ1) is 13.4. The van der Waals surface area contributed by atoms with Crippen molar-refractivity contribution in [2.75, 3.05) is 26.3 Å². The fraction of sp³-hybridized carbons (Fsp3) is 0.350. The highest BCUT2D eigenvalue weighted by atomic mass is 35.5. The molecule has 0 radical (unpaired) electrons. The Hall–Kier alpha value is -1.93. The van der Waals surface area contributed by atoms with Crippen LogP contribution >= 0.6 is 11.6 Å². The number of rotatable bonds is 6. The lowest BCUT2D eigenvalue weighted by Gasteiger charge is -2.26. The van der Waals surface area contributed by atoms with Gasteiger partial charge < -0.3 is 10.1 Å². The first-order valence-electron chi connectivity index (χ1n) is 9.15. The van der Waals surface area contributed by atoms with Gasteiger partial charge in [-0.25, -0.2) is 8.42 Å². The van der Waals surface area contributed by atoms with Gasteiger partial charge in [-0.05, 0) is 35.7 Å². The largest absolute Gasteiger partial charge is 0.379 e. The number of nitrogens with zero attached hydrogens (tertiary/aromatic N) is 1. The molecule has 150 valence electrons. The quantitative estimate of drug-likeness (QED) is 0.776. The molecular weight excluding hydrogens is 400 g/mol. The molecule has 0 unspecified atom stereocenters. The van der Waals surface area contributed by atoms with Crippen LogP contribution in [0.3, 0.4) is 0 Å². The maximum absolute atomic E-state index is 12.8. The van der Waals surface area contributed by atoms with E-state index in [4.69, 9.17) is 16.3 Å². The van der Waals surface area contributed by atoms with Gasteiger partial charge in [-0.1, -0.05) is 42.8 Å². The fourth-order valence-corrected chi connectivity index (χ4v) is 4.58. The van der Waals surface area contributed by atoms with Gasteiger partial charge in [0.1, 0.15) is 0 Å². The van der Waals surface area contributed by atoms with Crippen LogP contribution < -0.4 is 5.32 Å². The molecule has 0 atom stereocenters. The number of sulfonamides is 1. The molecule has 1 N–H and O–H groups in total. The van der Waals surface area contributed by atoms with Crippen LogP contribution in [-0.2, 0) is 27.7 Å². The summed E-state index contributed by atoms with van der Waals surface area (Å²) < 4.78 is 32.2. The summed E-state index contributed by atoms with van der Waals surface area (Å²) in [4.78, 5) is 12.6. The summed E-state index contributed by atoms with van der Waals surface area (Å²) in [7, 11) is -3.69. The number of benzene rings is 2. The molecule has 1 aliphatic heterocycles. The van der Waals surface area contributed by atoms with Crippen molar-refractivity contribution in [3.8, 4) is 0 Å². The summed E-state index contributed by atoms with van der Waals surface area (Å²) in [5, 5.41) is 3.01. The summed E-state index contributed by atoms with van der Waals surface area (Å²) in [5.74, 6) is -0.413. The Morgan fingerprint density at radius 3 is 2.39 bits per heavy atom. The molecule has 1 aliphatic rings. The summed E-state index contributed by atoms with van der Waals surface area (Å²) >= 11 is 6.16. The van der Waals surface area contributed by atoms with E-state index in [-0.39, 0.29) is 15.5 Å². The lowest BCUT2D eigenvalue weighted by Crippen LogP contribution is -2.40. The third-order valence-electron chi connectivity index (χ3n) is 4.67. The highest BCUT2D eigenvalue weighted by Crippen LogP contribution is 2.23. The lowest BCUT2D eigenvalue weighted by molar-refractivity contribution is 0.0730. The molecule has 2 aromatic carbocycles. The zero-order chi connectivity index (χ0) is 20.1. The monoisotopic (exact) mass is 422 g/mol. The molecule has 1 amide bonds. The van der Waals surface area contributed by atoms with Gasteiger partial charge in [0.2, 0.25) is 10.0 Å². The lowest BCUT2D eigenvalue weighted by atomic mass is 10.1. The van der Waals surface area contributed by atoms with Gasteiger partial charge in [0, 0.05) is 19.6 Å². The van der Waals surface area contributed by atoms with E-state index in [2.05, 4.69) is 12.2 Å². The van der Waals surface area contributed by atoms with Crippen molar-refractivity contribution in [1.29, 1.82) is 0 Å². The highest BCUT2D eigenvalue weighted by Gasteiger charge is 2.27. The predicted octanol–water partition coefficient (Wildman–Crippen LogP) is 2.85. The molecule has 0 bridgehead atoms. The zero-order valence-electron chi connectivity index (χ0n) is 15.7. The second-order valence-corrected chi connectivity index (χ2v) is 8.86. The minimum absolute atomic E-state index is 0.0521. The Labute approximate surface area is 170 Å². The molecule has 1 saturated heterocycles. The molecule has 1 heterocycles. The van der Waals surface area contributed by atoms with Crippen molar-refractivity contribution >= 4 is 27.5 Å². The summed E-state index contributed by atoms with van der Waals surface area (Å²) in [5.41, 5.74) is 2.32. The van der Waals surface area contributed by atoms with Crippen molar-refractivity contribution in [3.63, 3.8) is 0 Å². The molecule has 0 saturated carbocycles. The second kappa shape index (κ2) is 9.05. The number of nitrogens with one attached hydrogen (secondary N) is 1. The smallest absolute Gasteiger partial charge is 0.253 e. The third-order valence-corrected chi connectivity index (χ3v) is 6.90. The minimum atomic E-state index is -3.69. The van der Waals surface area contributed by atoms with E-state index in [0.29, 0.717) is 32.8 Å². The topological polar surface area (TPSA) is 75.7 Å². The van der Waals surface area contributed by atoms with Crippen LogP contribution in [0.5, 0.6) is 0 Å².